The molecule has 3 nitrogen and oxygen atoms in total. The summed E-state index contributed by atoms with van der Waals surface area (Å²) in [7, 11) is 0. The maximum atomic E-state index is 7.64. The van der Waals surface area contributed by atoms with Gasteiger partial charge in [-0.05, 0) is 31.9 Å². The molecule has 3 heteroatoms. The van der Waals surface area contributed by atoms with Gasteiger partial charge in [0, 0.05) is 30.4 Å². The van der Waals surface area contributed by atoms with E-state index in [-0.39, 0.29) is 6.04 Å². The second-order valence-electron chi connectivity index (χ2n) is 4.42. The van der Waals surface area contributed by atoms with Gasteiger partial charge in [-0.25, -0.2) is 0 Å². The van der Waals surface area contributed by atoms with E-state index in [0.29, 0.717) is 0 Å². The molecule has 1 N–H and O–H groups in total. The highest BCUT2D eigenvalue weighted by atomic mass is 15.2. The summed E-state index contributed by atoms with van der Waals surface area (Å²) < 4.78 is 0. The molecule has 0 saturated carbocycles. The van der Waals surface area contributed by atoms with Crippen LogP contribution >= 0.6 is 0 Å². The van der Waals surface area contributed by atoms with Crippen molar-refractivity contribution >= 4 is 11.9 Å². The summed E-state index contributed by atoms with van der Waals surface area (Å²) in [5.41, 5.74) is 3.31. The second kappa shape index (κ2) is 5.63. The van der Waals surface area contributed by atoms with Gasteiger partial charge < -0.3 is 10.3 Å². The monoisotopic (exact) mass is 241 g/mol. The highest BCUT2D eigenvalue weighted by molar-refractivity contribution is 6.01. The lowest BCUT2D eigenvalue weighted by molar-refractivity contribution is 0.487. The van der Waals surface area contributed by atoms with Crippen molar-refractivity contribution < 1.29 is 0 Å². The quantitative estimate of drug-likeness (QED) is 0.741. The van der Waals surface area contributed by atoms with Crippen LogP contribution in [0.15, 0.2) is 52.8 Å². The summed E-state index contributed by atoms with van der Waals surface area (Å²) in [6, 6.07) is -0.0678. The maximum Gasteiger partial charge on any atom is 0.106 e. The van der Waals surface area contributed by atoms with E-state index >= 15 is 0 Å². The second-order valence-corrected chi connectivity index (χ2v) is 4.42. The van der Waals surface area contributed by atoms with Crippen LogP contribution in [0.3, 0.4) is 0 Å². The van der Waals surface area contributed by atoms with Gasteiger partial charge in [-0.1, -0.05) is 24.3 Å². The summed E-state index contributed by atoms with van der Waals surface area (Å²) >= 11 is 0. The maximum absolute atomic E-state index is 7.64. The van der Waals surface area contributed by atoms with Gasteiger partial charge in [-0.2, -0.15) is 0 Å². The van der Waals surface area contributed by atoms with Crippen LogP contribution in [0.25, 0.3) is 0 Å². The van der Waals surface area contributed by atoms with Crippen LogP contribution in [0.2, 0.25) is 0 Å². The number of hydrogen-bond donors (Lipinski definition) is 1. The Hall–Kier alpha value is -1.90. The summed E-state index contributed by atoms with van der Waals surface area (Å²) in [5, 5.41) is 7.64. The number of hydrogen-bond acceptors (Lipinski definition) is 3. The van der Waals surface area contributed by atoms with Gasteiger partial charge in [-0.15, -0.1) is 0 Å². The lowest BCUT2D eigenvalue weighted by Gasteiger charge is -2.32. The lowest BCUT2D eigenvalue weighted by atomic mass is 10.0. The van der Waals surface area contributed by atoms with Gasteiger partial charge in [0.2, 0.25) is 0 Å². The zero-order valence-corrected chi connectivity index (χ0v) is 10.9. The molecule has 0 aliphatic carbocycles. The average molecular weight is 241 g/mol. The summed E-state index contributed by atoms with van der Waals surface area (Å²) in [6.07, 6.45) is 15.0. The smallest absolute Gasteiger partial charge is 0.106 e. The SMILES string of the molecule is CC=CC1=CN2C(=CCCN=C(C)C2C=N)C=C1. The molecule has 0 bridgehead atoms. The number of allylic oxidation sites excluding steroid dienone is 5. The molecule has 2 heterocycles. The fourth-order valence-corrected chi connectivity index (χ4v) is 2.20. The fraction of sp³-hybridized carbons (Fsp3) is 0.333. The first-order valence-electron chi connectivity index (χ1n) is 6.29. The van der Waals surface area contributed by atoms with E-state index in [4.69, 9.17) is 5.41 Å². The predicted octanol–water partition coefficient (Wildman–Crippen LogP) is 3.08. The Labute approximate surface area is 108 Å². The third kappa shape index (κ3) is 2.50. The minimum atomic E-state index is -0.0678. The summed E-state index contributed by atoms with van der Waals surface area (Å²) in [5.74, 6) is 0. The van der Waals surface area contributed by atoms with Crippen molar-refractivity contribution in [2.75, 3.05) is 6.54 Å². The van der Waals surface area contributed by atoms with Gasteiger partial charge in [-0.3, -0.25) is 4.99 Å². The number of nitrogens with zero attached hydrogens (tertiary/aromatic N) is 2. The fourth-order valence-electron chi connectivity index (χ4n) is 2.20. The number of nitrogens with one attached hydrogen (secondary N) is 1. The minimum Gasteiger partial charge on any atom is -0.334 e. The van der Waals surface area contributed by atoms with Crippen molar-refractivity contribution in [3.05, 3.63) is 47.9 Å². The zero-order chi connectivity index (χ0) is 13.0. The molecule has 18 heavy (non-hydrogen) atoms. The van der Waals surface area contributed by atoms with E-state index in [1.165, 1.54) is 6.21 Å². The third-order valence-corrected chi connectivity index (χ3v) is 3.12. The zero-order valence-electron chi connectivity index (χ0n) is 10.9. The molecule has 1 atom stereocenters. The van der Waals surface area contributed by atoms with E-state index in [2.05, 4.69) is 40.4 Å². The molecule has 0 saturated heterocycles. The molecule has 0 amide bonds. The third-order valence-electron chi connectivity index (χ3n) is 3.12. The first-order valence-corrected chi connectivity index (χ1v) is 6.29. The van der Waals surface area contributed by atoms with Crippen LogP contribution in [-0.2, 0) is 0 Å². The Morgan fingerprint density at radius 1 is 1.44 bits per heavy atom. The van der Waals surface area contributed by atoms with E-state index in [1.54, 1.807) is 0 Å². The minimum absolute atomic E-state index is 0.0678. The van der Waals surface area contributed by atoms with Crippen molar-refractivity contribution in [3.63, 3.8) is 0 Å². The van der Waals surface area contributed by atoms with Crippen molar-refractivity contribution in [2.24, 2.45) is 4.99 Å². The highest BCUT2D eigenvalue weighted by Gasteiger charge is 2.21. The van der Waals surface area contributed by atoms with E-state index < -0.39 is 0 Å². The molecule has 0 spiro atoms. The Kier molecular flexibility index (Phi) is 3.92. The van der Waals surface area contributed by atoms with Crippen LogP contribution in [0, 0.1) is 5.41 Å². The van der Waals surface area contributed by atoms with Crippen molar-refractivity contribution in [1.82, 2.24) is 4.90 Å². The average Bonchev–Trinajstić information content (AvgIpc) is 2.36. The topological polar surface area (TPSA) is 39.5 Å². The van der Waals surface area contributed by atoms with Gasteiger partial charge >= 0.3 is 0 Å². The Balaban J connectivity index is 2.40. The lowest BCUT2D eigenvalue weighted by Crippen LogP contribution is -2.38. The molecule has 94 valence electrons. The van der Waals surface area contributed by atoms with Crippen LogP contribution in [0.1, 0.15) is 20.3 Å². The number of aliphatic imine (C=N–C) groups is 1. The van der Waals surface area contributed by atoms with Gasteiger partial charge in [0.25, 0.3) is 0 Å². The van der Waals surface area contributed by atoms with Crippen molar-refractivity contribution in [2.45, 2.75) is 26.3 Å². The highest BCUT2D eigenvalue weighted by Crippen LogP contribution is 2.22. The molecule has 1 unspecified atom stereocenters. The van der Waals surface area contributed by atoms with Crippen LogP contribution in [0.5, 0.6) is 0 Å². The van der Waals surface area contributed by atoms with Gasteiger partial charge in [0.1, 0.15) is 6.04 Å². The first kappa shape index (κ1) is 12.6. The predicted molar refractivity (Wildman–Crippen MR) is 77.1 cm³/mol. The molecule has 0 radical (unpaired) electrons. The molecule has 2 aliphatic heterocycles. The number of fused-ring (bicyclic) bond motifs is 1. The summed E-state index contributed by atoms with van der Waals surface area (Å²) in [4.78, 5) is 6.63. The van der Waals surface area contributed by atoms with E-state index in [1.807, 2.05) is 19.9 Å². The van der Waals surface area contributed by atoms with Gasteiger partial charge in [0.05, 0.1) is 0 Å². The number of rotatable bonds is 2. The molecule has 0 fully saturated rings. The molecule has 0 aromatic carbocycles. The Morgan fingerprint density at radius 3 is 3.00 bits per heavy atom. The molecular formula is C15H19N3. The summed E-state index contributed by atoms with van der Waals surface area (Å²) in [6.45, 7) is 4.82. The van der Waals surface area contributed by atoms with Gasteiger partial charge in [0.15, 0.2) is 0 Å². The largest absolute Gasteiger partial charge is 0.334 e. The van der Waals surface area contributed by atoms with Crippen LogP contribution < -0.4 is 0 Å². The molecule has 0 aromatic rings. The Bertz CT molecular complexity index is 478. The standard InChI is InChI=1S/C15H19N3/c1-3-5-13-7-8-14-6-4-9-17-12(2)15(10-16)18(14)11-13/h3,5-8,10-11,15-16H,4,9H2,1-2H3. The normalized spacial score (nSPS) is 23.8. The molecule has 2 rings (SSSR count). The molecule has 2 aliphatic rings. The molecule has 0 aromatic heterocycles. The van der Waals surface area contributed by atoms with E-state index in [0.717, 1.165) is 29.9 Å². The van der Waals surface area contributed by atoms with Crippen LogP contribution in [0.4, 0.5) is 0 Å². The van der Waals surface area contributed by atoms with E-state index in [9.17, 15) is 0 Å². The molecular weight excluding hydrogens is 222 g/mol. The first-order chi connectivity index (χ1) is 8.76. The van der Waals surface area contributed by atoms with Crippen molar-refractivity contribution in [3.8, 4) is 0 Å². The van der Waals surface area contributed by atoms with Crippen molar-refractivity contribution in [1.29, 1.82) is 5.41 Å². The van der Waals surface area contributed by atoms with Crippen LogP contribution in [-0.4, -0.2) is 29.4 Å². The Morgan fingerprint density at radius 2 is 2.28 bits per heavy atom.